The predicted molar refractivity (Wildman–Crippen MR) is 77.4 cm³/mol. The highest BCUT2D eigenvalue weighted by molar-refractivity contribution is 6.00. The van der Waals surface area contributed by atoms with E-state index in [0.29, 0.717) is 17.1 Å². The van der Waals surface area contributed by atoms with E-state index >= 15 is 0 Å². The number of rotatable bonds is 5. The molecule has 1 amide bonds. The number of benzene rings is 1. The van der Waals surface area contributed by atoms with Crippen LogP contribution in [0.25, 0.3) is 0 Å². The van der Waals surface area contributed by atoms with Gasteiger partial charge in [-0.15, -0.1) is 0 Å². The van der Waals surface area contributed by atoms with E-state index in [0.717, 1.165) is 0 Å². The van der Waals surface area contributed by atoms with Crippen molar-refractivity contribution in [1.29, 1.82) is 0 Å². The monoisotopic (exact) mass is 281 g/mol. The van der Waals surface area contributed by atoms with E-state index in [4.69, 9.17) is 9.47 Å². The Labute approximate surface area is 119 Å². The molecule has 5 heteroatoms. The lowest BCUT2D eigenvalue weighted by Gasteiger charge is -2.38. The van der Waals surface area contributed by atoms with Crippen molar-refractivity contribution in [2.75, 3.05) is 14.2 Å². The molecule has 0 aliphatic rings. The molecule has 0 bridgehead atoms. The molecule has 5 nitrogen and oxygen atoms in total. The molecule has 0 aliphatic heterocycles. The zero-order chi connectivity index (χ0) is 15.6. The maximum Gasteiger partial charge on any atom is 0.259 e. The smallest absolute Gasteiger partial charge is 0.259 e. The van der Waals surface area contributed by atoms with Crippen LogP contribution in [0.3, 0.4) is 0 Å². The van der Waals surface area contributed by atoms with E-state index in [1.165, 1.54) is 14.2 Å². The first-order chi connectivity index (χ1) is 9.14. The van der Waals surface area contributed by atoms with E-state index in [1.807, 2.05) is 0 Å². The number of carbonyl (C=O) groups is 1. The minimum Gasteiger partial charge on any atom is -0.496 e. The van der Waals surface area contributed by atoms with Crippen LogP contribution in [-0.2, 0) is 0 Å². The first kappa shape index (κ1) is 16.3. The van der Waals surface area contributed by atoms with Crippen LogP contribution < -0.4 is 14.8 Å². The predicted octanol–water partition coefficient (Wildman–Crippen LogP) is 1.98. The van der Waals surface area contributed by atoms with Gasteiger partial charge in [0.25, 0.3) is 5.91 Å². The molecule has 2 N–H and O–H groups in total. The van der Waals surface area contributed by atoms with Gasteiger partial charge in [0, 0.05) is 0 Å². The molecular formula is C15H23NO4. The van der Waals surface area contributed by atoms with Crippen molar-refractivity contribution in [2.24, 2.45) is 0 Å². The van der Waals surface area contributed by atoms with Gasteiger partial charge in [-0.25, -0.2) is 0 Å². The number of hydrogen-bond acceptors (Lipinski definition) is 4. The standard InChI is InChI=1S/C15H23NO4/c1-14(2,15(3,4)18)16-13(17)12-10(19-5)8-7-9-11(12)20-6/h7-9,18H,1-6H3,(H,16,17). The van der Waals surface area contributed by atoms with Crippen molar-refractivity contribution >= 4 is 5.91 Å². The minimum absolute atomic E-state index is 0.315. The van der Waals surface area contributed by atoms with Crippen LogP contribution in [-0.4, -0.2) is 36.4 Å². The second-order valence-electron chi connectivity index (χ2n) is 5.68. The molecule has 112 valence electrons. The number of amides is 1. The van der Waals surface area contributed by atoms with Gasteiger partial charge in [-0.05, 0) is 39.8 Å². The van der Waals surface area contributed by atoms with Gasteiger partial charge >= 0.3 is 0 Å². The largest absolute Gasteiger partial charge is 0.496 e. The normalized spacial score (nSPS) is 11.9. The Balaban J connectivity index is 3.16. The summed E-state index contributed by atoms with van der Waals surface area (Å²) < 4.78 is 10.4. The quantitative estimate of drug-likeness (QED) is 0.866. The van der Waals surface area contributed by atoms with Gasteiger partial charge < -0.3 is 19.9 Å². The van der Waals surface area contributed by atoms with Gasteiger partial charge in [-0.2, -0.15) is 0 Å². The number of aliphatic hydroxyl groups is 1. The fraction of sp³-hybridized carbons (Fsp3) is 0.533. The lowest BCUT2D eigenvalue weighted by molar-refractivity contribution is -0.00303. The van der Waals surface area contributed by atoms with Crippen LogP contribution in [0, 0.1) is 0 Å². The summed E-state index contributed by atoms with van der Waals surface area (Å²) in [5, 5.41) is 12.9. The van der Waals surface area contributed by atoms with Gasteiger partial charge in [0.2, 0.25) is 0 Å². The van der Waals surface area contributed by atoms with E-state index in [2.05, 4.69) is 5.32 Å². The second-order valence-corrected chi connectivity index (χ2v) is 5.68. The second kappa shape index (κ2) is 5.71. The summed E-state index contributed by atoms with van der Waals surface area (Å²) in [5.74, 6) is 0.494. The fourth-order valence-corrected chi connectivity index (χ4v) is 1.57. The third kappa shape index (κ3) is 3.22. The van der Waals surface area contributed by atoms with Crippen LogP contribution in [0.2, 0.25) is 0 Å². The van der Waals surface area contributed by atoms with Crippen molar-refractivity contribution < 1.29 is 19.4 Å². The number of hydrogen-bond donors (Lipinski definition) is 2. The molecule has 1 aromatic carbocycles. The van der Waals surface area contributed by atoms with Crippen LogP contribution in [0.1, 0.15) is 38.1 Å². The van der Waals surface area contributed by atoms with Gasteiger partial charge in [-0.1, -0.05) is 6.07 Å². The zero-order valence-corrected chi connectivity index (χ0v) is 12.9. The van der Waals surface area contributed by atoms with Crippen LogP contribution in [0.15, 0.2) is 18.2 Å². The van der Waals surface area contributed by atoms with Crippen molar-refractivity contribution in [3.8, 4) is 11.5 Å². The SMILES string of the molecule is COc1cccc(OC)c1C(=O)NC(C)(C)C(C)(C)O. The van der Waals surface area contributed by atoms with Crippen LogP contribution in [0.5, 0.6) is 11.5 Å². The highest BCUT2D eigenvalue weighted by Gasteiger charge is 2.37. The van der Waals surface area contributed by atoms with Gasteiger partial charge in [0.05, 0.1) is 25.4 Å². The lowest BCUT2D eigenvalue weighted by Crippen LogP contribution is -2.57. The van der Waals surface area contributed by atoms with Crippen molar-refractivity contribution in [1.82, 2.24) is 5.32 Å². The summed E-state index contributed by atoms with van der Waals surface area (Å²) >= 11 is 0. The van der Waals surface area contributed by atoms with Gasteiger partial charge in [0.1, 0.15) is 17.1 Å². The Kier molecular flexibility index (Phi) is 4.65. The Morgan fingerprint density at radius 1 is 1.10 bits per heavy atom. The summed E-state index contributed by atoms with van der Waals surface area (Å²) in [6.45, 7) is 6.80. The maximum atomic E-state index is 12.5. The fourth-order valence-electron chi connectivity index (χ4n) is 1.57. The average molecular weight is 281 g/mol. The van der Waals surface area contributed by atoms with Crippen molar-refractivity contribution in [3.05, 3.63) is 23.8 Å². The molecule has 0 aromatic heterocycles. The van der Waals surface area contributed by atoms with E-state index in [-0.39, 0.29) is 5.91 Å². The Hall–Kier alpha value is -1.75. The number of methoxy groups -OCH3 is 2. The average Bonchev–Trinajstić information content (AvgIpc) is 2.35. The molecular weight excluding hydrogens is 258 g/mol. The summed E-state index contributed by atoms with van der Waals surface area (Å²) in [6.07, 6.45) is 0. The third-order valence-electron chi connectivity index (χ3n) is 3.61. The maximum absolute atomic E-state index is 12.5. The molecule has 1 rings (SSSR count). The Bertz CT molecular complexity index is 467. The highest BCUT2D eigenvalue weighted by Crippen LogP contribution is 2.29. The third-order valence-corrected chi connectivity index (χ3v) is 3.61. The zero-order valence-electron chi connectivity index (χ0n) is 12.9. The summed E-state index contributed by atoms with van der Waals surface area (Å²) in [6, 6.07) is 5.12. The highest BCUT2D eigenvalue weighted by atomic mass is 16.5. The first-order valence-corrected chi connectivity index (χ1v) is 6.40. The van der Waals surface area contributed by atoms with Crippen LogP contribution in [0.4, 0.5) is 0 Å². The molecule has 0 heterocycles. The molecule has 0 radical (unpaired) electrons. The number of ether oxygens (including phenoxy) is 2. The number of carbonyl (C=O) groups excluding carboxylic acids is 1. The first-order valence-electron chi connectivity index (χ1n) is 6.40. The van der Waals surface area contributed by atoms with Gasteiger partial charge in [0.15, 0.2) is 0 Å². The Morgan fingerprint density at radius 2 is 1.55 bits per heavy atom. The lowest BCUT2D eigenvalue weighted by atomic mass is 9.85. The summed E-state index contributed by atoms with van der Waals surface area (Å²) in [4.78, 5) is 12.5. The van der Waals surface area contributed by atoms with E-state index < -0.39 is 11.1 Å². The van der Waals surface area contributed by atoms with Crippen molar-refractivity contribution in [3.63, 3.8) is 0 Å². The summed E-state index contributed by atoms with van der Waals surface area (Å²) in [7, 11) is 2.99. The summed E-state index contributed by atoms with van der Waals surface area (Å²) in [5.41, 5.74) is -1.57. The molecule has 20 heavy (non-hydrogen) atoms. The molecule has 0 saturated carbocycles. The topological polar surface area (TPSA) is 67.8 Å². The molecule has 0 aliphatic carbocycles. The van der Waals surface area contributed by atoms with Gasteiger partial charge in [-0.3, -0.25) is 4.79 Å². The molecule has 0 fully saturated rings. The number of nitrogens with one attached hydrogen (secondary N) is 1. The molecule has 0 unspecified atom stereocenters. The van der Waals surface area contributed by atoms with Crippen molar-refractivity contribution in [2.45, 2.75) is 38.8 Å². The minimum atomic E-state index is -1.07. The van der Waals surface area contributed by atoms with Crippen LogP contribution >= 0.6 is 0 Å². The molecule has 0 spiro atoms. The molecule has 1 aromatic rings. The van der Waals surface area contributed by atoms with E-state index in [9.17, 15) is 9.90 Å². The van der Waals surface area contributed by atoms with E-state index in [1.54, 1.807) is 45.9 Å². The Morgan fingerprint density at radius 3 is 1.90 bits per heavy atom. The molecule has 0 atom stereocenters. The molecule has 0 saturated heterocycles.